The van der Waals surface area contributed by atoms with Crippen molar-refractivity contribution in [3.63, 3.8) is 0 Å². The average molecular weight is 266 g/mol. The minimum atomic E-state index is -0.515. The summed E-state index contributed by atoms with van der Waals surface area (Å²) >= 11 is 0. The number of hydrogen-bond donors (Lipinski definition) is 1. The molecule has 1 amide bonds. The Morgan fingerprint density at radius 3 is 2.37 bits per heavy atom. The lowest BCUT2D eigenvalue weighted by atomic mass is 9.89. The van der Waals surface area contributed by atoms with Crippen LogP contribution in [0.2, 0.25) is 0 Å². The van der Waals surface area contributed by atoms with Crippen molar-refractivity contribution < 1.29 is 9.53 Å². The summed E-state index contributed by atoms with van der Waals surface area (Å²) in [5, 5.41) is 12.7. The van der Waals surface area contributed by atoms with E-state index in [1.807, 2.05) is 20.8 Å². The number of carbonyl (C=O) groups is 1. The van der Waals surface area contributed by atoms with Crippen LogP contribution in [-0.2, 0) is 4.74 Å². The number of nitriles is 1. The van der Waals surface area contributed by atoms with Crippen LogP contribution in [0.15, 0.2) is 0 Å². The van der Waals surface area contributed by atoms with E-state index in [9.17, 15) is 10.1 Å². The standard InChI is InChI=1S/C13H22N4O2/c1-12(2,3)19-11(18)16-9-13(8-14,10-16)17-6-4-15-5-7-17/h15H,4-7,9-10H2,1-3H3. The molecular formula is C13H22N4O2. The fourth-order valence-corrected chi connectivity index (χ4v) is 2.48. The highest BCUT2D eigenvalue weighted by molar-refractivity contribution is 5.70. The molecule has 6 nitrogen and oxygen atoms in total. The van der Waals surface area contributed by atoms with Gasteiger partial charge >= 0.3 is 6.09 Å². The Hall–Kier alpha value is -1.32. The van der Waals surface area contributed by atoms with Crippen LogP contribution in [0.5, 0.6) is 0 Å². The van der Waals surface area contributed by atoms with Gasteiger partial charge < -0.3 is 15.0 Å². The fourth-order valence-electron chi connectivity index (χ4n) is 2.48. The van der Waals surface area contributed by atoms with Crippen molar-refractivity contribution in [2.75, 3.05) is 39.3 Å². The third-order valence-corrected chi connectivity index (χ3v) is 3.49. The van der Waals surface area contributed by atoms with Crippen LogP contribution >= 0.6 is 0 Å². The number of hydrogen-bond acceptors (Lipinski definition) is 5. The van der Waals surface area contributed by atoms with Crippen molar-refractivity contribution in [1.29, 1.82) is 5.26 Å². The number of ether oxygens (including phenoxy) is 1. The Balaban J connectivity index is 1.92. The molecule has 6 heteroatoms. The molecule has 0 aromatic rings. The predicted octanol–water partition coefficient (Wildman–Crippen LogP) is 0.405. The lowest BCUT2D eigenvalue weighted by Crippen LogP contribution is -2.72. The number of likely N-dealkylation sites (tertiary alicyclic amines) is 1. The molecule has 19 heavy (non-hydrogen) atoms. The second-order valence-electron chi connectivity index (χ2n) is 6.22. The first-order valence-electron chi connectivity index (χ1n) is 6.71. The van der Waals surface area contributed by atoms with Crippen LogP contribution in [0.3, 0.4) is 0 Å². The molecule has 106 valence electrons. The molecule has 0 atom stereocenters. The first-order chi connectivity index (χ1) is 8.86. The second kappa shape index (κ2) is 4.99. The van der Waals surface area contributed by atoms with Crippen LogP contribution in [-0.4, -0.2) is 66.3 Å². The number of carbonyl (C=O) groups excluding carboxylic acids is 1. The lowest BCUT2D eigenvalue weighted by molar-refractivity contribution is -0.0425. The summed E-state index contributed by atoms with van der Waals surface area (Å²) < 4.78 is 5.31. The van der Waals surface area contributed by atoms with Gasteiger partial charge in [0.2, 0.25) is 0 Å². The smallest absolute Gasteiger partial charge is 0.410 e. The monoisotopic (exact) mass is 266 g/mol. The van der Waals surface area contributed by atoms with Gasteiger partial charge in [0.05, 0.1) is 19.2 Å². The molecule has 0 bridgehead atoms. The van der Waals surface area contributed by atoms with E-state index in [-0.39, 0.29) is 6.09 Å². The van der Waals surface area contributed by atoms with Gasteiger partial charge in [-0.3, -0.25) is 4.90 Å². The van der Waals surface area contributed by atoms with Crippen molar-refractivity contribution in [2.24, 2.45) is 0 Å². The third-order valence-electron chi connectivity index (χ3n) is 3.49. The summed E-state index contributed by atoms with van der Waals surface area (Å²) in [6.45, 7) is 9.93. The summed E-state index contributed by atoms with van der Waals surface area (Å²) in [6, 6.07) is 2.38. The zero-order valence-electron chi connectivity index (χ0n) is 11.9. The molecule has 0 unspecified atom stereocenters. The molecule has 0 aromatic carbocycles. The molecule has 0 radical (unpaired) electrons. The molecular weight excluding hydrogens is 244 g/mol. The van der Waals surface area contributed by atoms with Crippen LogP contribution < -0.4 is 5.32 Å². The van der Waals surface area contributed by atoms with Gasteiger partial charge in [-0.2, -0.15) is 5.26 Å². The van der Waals surface area contributed by atoms with Crippen molar-refractivity contribution >= 4 is 6.09 Å². The van der Waals surface area contributed by atoms with Gasteiger partial charge in [-0.15, -0.1) is 0 Å². The second-order valence-corrected chi connectivity index (χ2v) is 6.22. The Labute approximate surface area is 114 Å². The Morgan fingerprint density at radius 2 is 1.89 bits per heavy atom. The zero-order chi connectivity index (χ0) is 14.1. The van der Waals surface area contributed by atoms with E-state index < -0.39 is 11.1 Å². The SMILES string of the molecule is CC(C)(C)OC(=O)N1CC(C#N)(N2CCNCC2)C1. The van der Waals surface area contributed by atoms with E-state index in [1.165, 1.54) is 0 Å². The first kappa shape index (κ1) is 14.1. The van der Waals surface area contributed by atoms with Crippen molar-refractivity contribution in [3.8, 4) is 6.07 Å². The van der Waals surface area contributed by atoms with Gasteiger partial charge in [0, 0.05) is 26.2 Å². The van der Waals surface area contributed by atoms with Gasteiger partial charge in [-0.1, -0.05) is 0 Å². The molecule has 2 saturated heterocycles. The largest absolute Gasteiger partial charge is 0.444 e. The van der Waals surface area contributed by atoms with Gasteiger partial charge in [0.25, 0.3) is 0 Å². The Kier molecular flexibility index (Phi) is 3.70. The maximum absolute atomic E-state index is 11.9. The highest BCUT2D eigenvalue weighted by Gasteiger charge is 2.51. The lowest BCUT2D eigenvalue weighted by Gasteiger charge is -2.52. The maximum atomic E-state index is 11.9. The number of nitrogens with zero attached hydrogens (tertiary/aromatic N) is 3. The molecule has 0 aromatic heterocycles. The van der Waals surface area contributed by atoms with E-state index >= 15 is 0 Å². The van der Waals surface area contributed by atoms with E-state index in [1.54, 1.807) is 4.90 Å². The minimum absolute atomic E-state index is 0.325. The molecule has 2 fully saturated rings. The van der Waals surface area contributed by atoms with Crippen LogP contribution in [0.25, 0.3) is 0 Å². The summed E-state index contributed by atoms with van der Waals surface area (Å²) in [7, 11) is 0. The van der Waals surface area contributed by atoms with Crippen molar-refractivity contribution in [2.45, 2.75) is 31.9 Å². The predicted molar refractivity (Wildman–Crippen MR) is 70.6 cm³/mol. The molecule has 2 heterocycles. The highest BCUT2D eigenvalue weighted by Crippen LogP contribution is 2.29. The van der Waals surface area contributed by atoms with E-state index in [0.29, 0.717) is 13.1 Å². The summed E-state index contributed by atoms with van der Waals surface area (Å²) in [5.41, 5.74) is -1.00. The topological polar surface area (TPSA) is 68.6 Å². The van der Waals surface area contributed by atoms with Crippen molar-refractivity contribution in [3.05, 3.63) is 0 Å². The maximum Gasteiger partial charge on any atom is 0.410 e. The summed E-state index contributed by atoms with van der Waals surface area (Å²) in [5.74, 6) is 0. The van der Waals surface area contributed by atoms with E-state index in [4.69, 9.17) is 4.74 Å². The fraction of sp³-hybridized carbons (Fsp3) is 0.846. The van der Waals surface area contributed by atoms with Crippen LogP contribution in [0, 0.1) is 11.3 Å². The van der Waals surface area contributed by atoms with Crippen LogP contribution in [0.1, 0.15) is 20.8 Å². The van der Waals surface area contributed by atoms with E-state index in [0.717, 1.165) is 26.2 Å². The third kappa shape index (κ3) is 2.99. The Morgan fingerprint density at radius 1 is 1.32 bits per heavy atom. The van der Waals surface area contributed by atoms with E-state index in [2.05, 4.69) is 16.3 Å². The number of piperazine rings is 1. The molecule has 2 rings (SSSR count). The zero-order valence-corrected chi connectivity index (χ0v) is 11.9. The average Bonchev–Trinajstić information content (AvgIpc) is 2.27. The normalized spacial score (nSPS) is 23.4. The summed E-state index contributed by atoms with van der Waals surface area (Å²) in [4.78, 5) is 15.7. The molecule has 2 aliphatic heterocycles. The van der Waals surface area contributed by atoms with Gasteiger partial charge in [-0.05, 0) is 20.8 Å². The van der Waals surface area contributed by atoms with Crippen molar-refractivity contribution in [1.82, 2.24) is 15.1 Å². The van der Waals surface area contributed by atoms with Crippen LogP contribution in [0.4, 0.5) is 4.79 Å². The minimum Gasteiger partial charge on any atom is -0.444 e. The molecule has 0 spiro atoms. The first-order valence-corrected chi connectivity index (χ1v) is 6.71. The van der Waals surface area contributed by atoms with Gasteiger partial charge in [0.1, 0.15) is 11.1 Å². The number of nitrogens with one attached hydrogen (secondary N) is 1. The number of amides is 1. The molecule has 0 saturated carbocycles. The quantitative estimate of drug-likeness (QED) is 0.744. The Bertz CT molecular complexity index is 384. The molecule has 1 N–H and O–H groups in total. The van der Waals surface area contributed by atoms with Gasteiger partial charge in [0.15, 0.2) is 0 Å². The number of rotatable bonds is 1. The molecule has 2 aliphatic rings. The highest BCUT2D eigenvalue weighted by atomic mass is 16.6. The molecule has 0 aliphatic carbocycles. The van der Waals surface area contributed by atoms with Gasteiger partial charge in [-0.25, -0.2) is 4.79 Å². The summed E-state index contributed by atoms with van der Waals surface area (Å²) in [6.07, 6.45) is -0.325.